The Labute approximate surface area is 167 Å². The zero-order valence-corrected chi connectivity index (χ0v) is 15.8. The first kappa shape index (κ1) is 21.6. The van der Waals surface area contributed by atoms with E-state index in [1.54, 1.807) is 23.4 Å². The van der Waals surface area contributed by atoms with Crippen LogP contribution in [0.4, 0.5) is 17.6 Å². The van der Waals surface area contributed by atoms with Gasteiger partial charge in [-0.15, -0.1) is 0 Å². The number of aromatic nitrogens is 1. The van der Waals surface area contributed by atoms with Crippen LogP contribution in [0, 0.1) is 0 Å². The monoisotopic (exact) mass is 411 g/mol. The first-order valence-corrected chi connectivity index (χ1v) is 9.48. The lowest BCUT2D eigenvalue weighted by atomic mass is 10.0. The number of nitrogens with two attached hydrogens (primary N) is 2. The maximum Gasteiger partial charge on any atom is 0.416 e. The predicted molar refractivity (Wildman–Crippen MR) is 102 cm³/mol. The number of nitrogens with one attached hydrogen (secondary N) is 1. The fourth-order valence-electron chi connectivity index (χ4n) is 3.64. The van der Waals surface area contributed by atoms with Gasteiger partial charge in [0.05, 0.1) is 17.9 Å². The Bertz CT molecular complexity index is 769. The third-order valence-electron chi connectivity index (χ3n) is 5.23. The Morgan fingerprint density at radius 2 is 1.90 bits per heavy atom. The lowest BCUT2D eigenvalue weighted by Crippen LogP contribution is -2.58. The molecule has 1 aliphatic rings. The fourth-order valence-corrected chi connectivity index (χ4v) is 3.64. The van der Waals surface area contributed by atoms with Crippen LogP contribution in [0.3, 0.4) is 0 Å². The summed E-state index contributed by atoms with van der Waals surface area (Å²) >= 11 is 0. The normalized spacial score (nSPS) is 21.1. The molecule has 9 heteroatoms. The molecule has 0 spiro atoms. The van der Waals surface area contributed by atoms with Gasteiger partial charge in [0.25, 0.3) is 0 Å². The molecule has 5 nitrogen and oxygen atoms in total. The maximum atomic E-state index is 14.9. The quantitative estimate of drug-likeness (QED) is 0.482. The average molecular weight is 411 g/mol. The summed E-state index contributed by atoms with van der Waals surface area (Å²) in [4.78, 5) is 5.77. The van der Waals surface area contributed by atoms with E-state index < -0.39 is 30.2 Å². The van der Waals surface area contributed by atoms with Gasteiger partial charge in [0.2, 0.25) is 0 Å². The van der Waals surface area contributed by atoms with Crippen LogP contribution in [0.15, 0.2) is 48.8 Å². The standard InChI is InChI=1S/C20H25F4N5/c21-17(18(25)28-12-13-3-1-9-27-11-13)19(26)29-10-2-4-16(29)14-5-7-15(8-6-14)20(22,23)24/h1,3,5-9,11,16-19,28H,2,4,10,12,25-26H2. The topological polar surface area (TPSA) is 80.2 Å². The van der Waals surface area contributed by atoms with Crippen molar-refractivity contribution in [3.8, 4) is 0 Å². The number of hydrogen-bond acceptors (Lipinski definition) is 5. The summed E-state index contributed by atoms with van der Waals surface area (Å²) in [7, 11) is 0. The van der Waals surface area contributed by atoms with Crippen molar-refractivity contribution in [2.75, 3.05) is 6.54 Å². The van der Waals surface area contributed by atoms with Gasteiger partial charge in [-0.05, 0) is 42.2 Å². The molecule has 1 aliphatic heterocycles. The van der Waals surface area contributed by atoms with Crippen LogP contribution in [0.2, 0.25) is 0 Å². The average Bonchev–Trinajstić information content (AvgIpc) is 3.21. The van der Waals surface area contributed by atoms with E-state index in [4.69, 9.17) is 11.5 Å². The van der Waals surface area contributed by atoms with Crippen LogP contribution in [0.1, 0.15) is 35.6 Å². The van der Waals surface area contributed by atoms with Crippen LogP contribution in [0.5, 0.6) is 0 Å². The van der Waals surface area contributed by atoms with Crippen molar-refractivity contribution in [2.45, 2.75) is 50.1 Å². The predicted octanol–water partition coefficient (Wildman–Crippen LogP) is 2.93. The number of nitrogens with zero attached hydrogens (tertiary/aromatic N) is 2. The summed E-state index contributed by atoms with van der Waals surface area (Å²) in [5.74, 6) is 0. The third-order valence-corrected chi connectivity index (χ3v) is 5.23. The number of benzene rings is 1. The van der Waals surface area contributed by atoms with Gasteiger partial charge in [-0.25, -0.2) is 4.39 Å². The molecule has 0 saturated carbocycles. The second-order valence-corrected chi connectivity index (χ2v) is 7.22. The number of alkyl halides is 4. The minimum Gasteiger partial charge on any atom is -0.313 e. The lowest BCUT2D eigenvalue weighted by molar-refractivity contribution is -0.137. The Morgan fingerprint density at radius 3 is 2.52 bits per heavy atom. The molecule has 1 fully saturated rings. The summed E-state index contributed by atoms with van der Waals surface area (Å²) in [6, 6.07) is 8.35. The third kappa shape index (κ3) is 5.30. The molecule has 1 aromatic carbocycles. The highest BCUT2D eigenvalue weighted by Crippen LogP contribution is 2.36. The number of halogens is 4. The minimum atomic E-state index is -4.39. The van der Waals surface area contributed by atoms with Crippen molar-refractivity contribution in [2.24, 2.45) is 11.5 Å². The van der Waals surface area contributed by atoms with Crippen LogP contribution in [0.25, 0.3) is 0 Å². The van der Waals surface area contributed by atoms with E-state index in [0.717, 1.165) is 24.1 Å². The number of pyridine rings is 1. The van der Waals surface area contributed by atoms with Crippen molar-refractivity contribution in [3.63, 3.8) is 0 Å². The highest BCUT2D eigenvalue weighted by atomic mass is 19.4. The molecule has 2 heterocycles. The van der Waals surface area contributed by atoms with Crippen LogP contribution < -0.4 is 16.8 Å². The van der Waals surface area contributed by atoms with E-state index >= 15 is 0 Å². The first-order valence-electron chi connectivity index (χ1n) is 9.48. The number of rotatable bonds is 7. The highest BCUT2D eigenvalue weighted by molar-refractivity contribution is 5.27. The van der Waals surface area contributed by atoms with Gasteiger partial charge in [-0.1, -0.05) is 18.2 Å². The SMILES string of the molecule is NC(NCc1cccnc1)C(F)C(N)N1CCCC1c1ccc(C(F)(F)F)cc1. The molecular weight excluding hydrogens is 386 g/mol. The molecule has 1 aromatic heterocycles. The Balaban J connectivity index is 1.63. The molecule has 158 valence electrons. The zero-order valence-electron chi connectivity index (χ0n) is 15.8. The van der Waals surface area contributed by atoms with E-state index in [9.17, 15) is 17.6 Å². The summed E-state index contributed by atoms with van der Waals surface area (Å²) in [6.07, 6.45) is -3.11. The van der Waals surface area contributed by atoms with Crippen LogP contribution in [-0.2, 0) is 12.7 Å². The molecule has 0 amide bonds. The van der Waals surface area contributed by atoms with E-state index in [1.165, 1.54) is 12.1 Å². The largest absolute Gasteiger partial charge is 0.416 e. The van der Waals surface area contributed by atoms with Crippen LogP contribution >= 0.6 is 0 Å². The molecule has 29 heavy (non-hydrogen) atoms. The summed E-state index contributed by atoms with van der Waals surface area (Å²) < 4.78 is 53.3. The summed E-state index contributed by atoms with van der Waals surface area (Å²) in [6.45, 7) is 0.910. The molecule has 3 rings (SSSR count). The van der Waals surface area contributed by atoms with Crippen molar-refractivity contribution < 1.29 is 17.6 Å². The molecule has 4 atom stereocenters. The van der Waals surface area contributed by atoms with Crippen molar-refractivity contribution in [1.29, 1.82) is 0 Å². The highest BCUT2D eigenvalue weighted by Gasteiger charge is 2.37. The molecule has 1 saturated heterocycles. The Hall–Kier alpha value is -2.07. The van der Waals surface area contributed by atoms with Gasteiger partial charge in [-0.2, -0.15) is 13.2 Å². The molecule has 0 radical (unpaired) electrons. The van der Waals surface area contributed by atoms with Crippen LogP contribution in [-0.4, -0.2) is 34.9 Å². The maximum absolute atomic E-state index is 14.9. The molecule has 4 unspecified atom stereocenters. The first-order chi connectivity index (χ1) is 13.8. The van der Waals surface area contributed by atoms with Gasteiger partial charge in [-0.3, -0.25) is 15.2 Å². The second-order valence-electron chi connectivity index (χ2n) is 7.22. The van der Waals surface area contributed by atoms with Gasteiger partial charge in [0.15, 0.2) is 6.17 Å². The van der Waals surface area contributed by atoms with Crippen molar-refractivity contribution in [3.05, 3.63) is 65.5 Å². The van der Waals surface area contributed by atoms with E-state index in [1.807, 2.05) is 6.07 Å². The van der Waals surface area contributed by atoms with Crippen molar-refractivity contribution in [1.82, 2.24) is 15.2 Å². The molecular formula is C20H25F4N5. The smallest absolute Gasteiger partial charge is 0.313 e. The lowest BCUT2D eigenvalue weighted by Gasteiger charge is -2.34. The summed E-state index contributed by atoms with van der Waals surface area (Å²) in [5.41, 5.74) is 13.0. The summed E-state index contributed by atoms with van der Waals surface area (Å²) in [5, 5.41) is 2.91. The van der Waals surface area contributed by atoms with E-state index in [0.29, 0.717) is 25.1 Å². The molecule has 0 bridgehead atoms. The second kappa shape index (κ2) is 9.17. The van der Waals surface area contributed by atoms with Gasteiger partial charge in [0, 0.05) is 31.5 Å². The van der Waals surface area contributed by atoms with E-state index in [2.05, 4.69) is 10.3 Å². The number of hydrogen-bond donors (Lipinski definition) is 3. The zero-order chi connectivity index (χ0) is 21.0. The minimum absolute atomic E-state index is 0.240. The molecule has 5 N–H and O–H groups in total. The Morgan fingerprint density at radius 1 is 1.17 bits per heavy atom. The van der Waals surface area contributed by atoms with E-state index in [-0.39, 0.29) is 6.04 Å². The fraction of sp³-hybridized carbons (Fsp3) is 0.450. The number of likely N-dealkylation sites (tertiary alicyclic amines) is 1. The van der Waals surface area contributed by atoms with Gasteiger partial charge >= 0.3 is 6.18 Å². The van der Waals surface area contributed by atoms with Gasteiger partial charge < -0.3 is 11.5 Å². The van der Waals surface area contributed by atoms with Gasteiger partial charge in [0.1, 0.15) is 0 Å². The molecule has 0 aliphatic carbocycles. The molecule has 2 aromatic rings. The van der Waals surface area contributed by atoms with Crippen molar-refractivity contribution >= 4 is 0 Å². The Kier molecular flexibility index (Phi) is 6.84.